The molecule has 0 bridgehead atoms. The Morgan fingerprint density at radius 1 is 1.35 bits per heavy atom. The van der Waals surface area contributed by atoms with E-state index in [0.717, 1.165) is 12.1 Å². The number of hydrogen-bond acceptors (Lipinski definition) is 2. The van der Waals surface area contributed by atoms with E-state index >= 15 is 0 Å². The first-order valence-corrected chi connectivity index (χ1v) is 5.43. The van der Waals surface area contributed by atoms with Crippen LogP contribution in [-0.2, 0) is 17.8 Å². The minimum absolute atomic E-state index is 0.145. The van der Waals surface area contributed by atoms with Gasteiger partial charge >= 0.3 is 5.97 Å². The number of nitrogens with zero attached hydrogens (tertiary/aromatic N) is 1. The first kappa shape index (κ1) is 12.0. The summed E-state index contributed by atoms with van der Waals surface area (Å²) in [5.41, 5.74) is 0.656. The Bertz CT molecular complexity index is 462. The predicted molar refractivity (Wildman–Crippen MR) is 57.6 cm³/mol. The average molecular weight is 241 g/mol. The van der Waals surface area contributed by atoms with E-state index < -0.39 is 23.6 Å². The summed E-state index contributed by atoms with van der Waals surface area (Å²) in [7, 11) is 0. The quantitative estimate of drug-likeness (QED) is 0.858. The summed E-state index contributed by atoms with van der Waals surface area (Å²) in [5, 5.41) is 8.90. The summed E-state index contributed by atoms with van der Waals surface area (Å²) in [6, 6.07) is 1.51. The Balaban J connectivity index is 2.30. The fourth-order valence-electron chi connectivity index (χ4n) is 2.10. The Hall–Kier alpha value is -1.49. The van der Waals surface area contributed by atoms with Crippen molar-refractivity contribution in [3.05, 3.63) is 34.9 Å². The third-order valence-corrected chi connectivity index (χ3v) is 3.23. The number of carbonyl (C=O) groups is 1. The molecular formula is C12H13F2NO2. The van der Waals surface area contributed by atoms with E-state index in [4.69, 9.17) is 5.11 Å². The van der Waals surface area contributed by atoms with Gasteiger partial charge in [-0.25, -0.2) is 8.78 Å². The molecule has 5 heteroatoms. The number of carboxylic acids is 1. The molecule has 1 N–H and O–H groups in total. The van der Waals surface area contributed by atoms with E-state index in [0.29, 0.717) is 18.5 Å². The molecule has 0 aliphatic carbocycles. The monoisotopic (exact) mass is 241 g/mol. The third-order valence-electron chi connectivity index (χ3n) is 3.23. The van der Waals surface area contributed by atoms with Crippen molar-refractivity contribution >= 4 is 5.97 Å². The molecule has 1 unspecified atom stereocenters. The lowest BCUT2D eigenvalue weighted by molar-refractivity contribution is -0.143. The fourth-order valence-corrected chi connectivity index (χ4v) is 2.10. The lowest BCUT2D eigenvalue weighted by Crippen LogP contribution is -2.42. The van der Waals surface area contributed by atoms with Gasteiger partial charge < -0.3 is 5.11 Å². The van der Waals surface area contributed by atoms with Gasteiger partial charge in [-0.05, 0) is 31.0 Å². The van der Waals surface area contributed by atoms with Crippen molar-refractivity contribution in [2.75, 3.05) is 6.54 Å². The lowest BCUT2D eigenvalue weighted by Gasteiger charge is -2.31. The van der Waals surface area contributed by atoms with Crippen molar-refractivity contribution < 1.29 is 18.7 Å². The molecule has 1 aromatic rings. The van der Waals surface area contributed by atoms with Gasteiger partial charge in [-0.1, -0.05) is 0 Å². The minimum Gasteiger partial charge on any atom is -0.480 e. The molecule has 1 aliphatic rings. The number of rotatable bonds is 2. The van der Waals surface area contributed by atoms with Gasteiger partial charge in [0.2, 0.25) is 0 Å². The molecular weight excluding hydrogens is 228 g/mol. The van der Waals surface area contributed by atoms with Crippen LogP contribution in [0, 0.1) is 11.6 Å². The lowest BCUT2D eigenvalue weighted by atomic mass is 9.97. The standard InChI is InChI=1S/C12H13F2NO2/c1-7(12(16)17)15-5-4-8-9(6-15)11(14)3-2-10(8)13/h2-3,7H,4-6H2,1H3,(H,16,17). The molecule has 92 valence electrons. The molecule has 1 aromatic carbocycles. The highest BCUT2D eigenvalue weighted by Gasteiger charge is 2.28. The Morgan fingerprint density at radius 3 is 2.53 bits per heavy atom. The van der Waals surface area contributed by atoms with Gasteiger partial charge in [-0.3, -0.25) is 9.69 Å². The van der Waals surface area contributed by atoms with Crippen LogP contribution in [0.15, 0.2) is 12.1 Å². The molecule has 0 aromatic heterocycles. The second kappa shape index (κ2) is 4.41. The molecule has 0 amide bonds. The van der Waals surface area contributed by atoms with Crippen LogP contribution in [0.3, 0.4) is 0 Å². The fraction of sp³-hybridized carbons (Fsp3) is 0.417. The zero-order valence-electron chi connectivity index (χ0n) is 9.41. The molecule has 0 spiro atoms. The van der Waals surface area contributed by atoms with Crippen molar-refractivity contribution in [3.8, 4) is 0 Å². The molecule has 0 fully saturated rings. The van der Waals surface area contributed by atoms with Crippen molar-refractivity contribution in [3.63, 3.8) is 0 Å². The van der Waals surface area contributed by atoms with Crippen LogP contribution < -0.4 is 0 Å². The number of fused-ring (bicyclic) bond motifs is 1. The van der Waals surface area contributed by atoms with Gasteiger partial charge in [0.05, 0.1) is 0 Å². The van der Waals surface area contributed by atoms with Crippen molar-refractivity contribution in [2.24, 2.45) is 0 Å². The summed E-state index contributed by atoms with van der Waals surface area (Å²) < 4.78 is 27.0. The highest BCUT2D eigenvalue weighted by molar-refractivity contribution is 5.72. The molecule has 0 saturated carbocycles. The van der Waals surface area contributed by atoms with Crippen LogP contribution in [0.1, 0.15) is 18.1 Å². The summed E-state index contributed by atoms with van der Waals surface area (Å²) in [5.74, 6) is -1.84. The molecule has 1 heterocycles. The van der Waals surface area contributed by atoms with E-state index in [1.54, 1.807) is 11.8 Å². The molecule has 1 atom stereocenters. The summed E-state index contributed by atoms with van der Waals surface area (Å²) >= 11 is 0. The maximum Gasteiger partial charge on any atom is 0.320 e. The first-order valence-electron chi connectivity index (χ1n) is 5.43. The van der Waals surface area contributed by atoms with Gasteiger partial charge in [0, 0.05) is 18.7 Å². The van der Waals surface area contributed by atoms with Crippen LogP contribution in [-0.4, -0.2) is 28.6 Å². The Kier molecular flexibility index (Phi) is 3.11. The van der Waals surface area contributed by atoms with Gasteiger partial charge in [-0.2, -0.15) is 0 Å². The van der Waals surface area contributed by atoms with Crippen LogP contribution in [0.2, 0.25) is 0 Å². The van der Waals surface area contributed by atoms with Crippen LogP contribution in [0.4, 0.5) is 8.78 Å². The molecule has 1 aliphatic heterocycles. The van der Waals surface area contributed by atoms with Gasteiger partial charge in [0.25, 0.3) is 0 Å². The number of benzene rings is 1. The summed E-state index contributed by atoms with van der Waals surface area (Å²) in [6.45, 7) is 2.12. The second-order valence-electron chi connectivity index (χ2n) is 4.22. The topological polar surface area (TPSA) is 40.5 Å². The first-order chi connectivity index (χ1) is 8.00. The zero-order chi connectivity index (χ0) is 12.6. The van der Waals surface area contributed by atoms with Crippen molar-refractivity contribution in [2.45, 2.75) is 25.9 Å². The number of aliphatic carboxylic acids is 1. The summed E-state index contributed by atoms with van der Waals surface area (Å²) in [6.07, 6.45) is 0.344. The second-order valence-corrected chi connectivity index (χ2v) is 4.22. The Labute approximate surface area is 97.7 Å². The predicted octanol–water partition coefficient (Wildman–Crippen LogP) is 1.80. The van der Waals surface area contributed by atoms with Gasteiger partial charge in [-0.15, -0.1) is 0 Å². The SMILES string of the molecule is CC(C(=O)O)N1CCc2c(F)ccc(F)c2C1. The van der Waals surface area contributed by atoms with Crippen molar-refractivity contribution in [1.29, 1.82) is 0 Å². The average Bonchev–Trinajstić information content (AvgIpc) is 2.32. The highest BCUT2D eigenvalue weighted by Crippen LogP contribution is 2.25. The molecule has 3 nitrogen and oxygen atoms in total. The van der Waals surface area contributed by atoms with E-state index in [1.165, 1.54) is 0 Å². The maximum absolute atomic E-state index is 13.5. The highest BCUT2D eigenvalue weighted by atomic mass is 19.1. The van der Waals surface area contributed by atoms with E-state index in [9.17, 15) is 13.6 Å². The van der Waals surface area contributed by atoms with Crippen LogP contribution in [0.5, 0.6) is 0 Å². The zero-order valence-corrected chi connectivity index (χ0v) is 9.41. The van der Waals surface area contributed by atoms with Crippen LogP contribution in [0.25, 0.3) is 0 Å². The van der Waals surface area contributed by atoms with E-state index in [1.807, 2.05) is 0 Å². The molecule has 0 radical (unpaired) electrons. The normalized spacial score (nSPS) is 17.6. The largest absolute Gasteiger partial charge is 0.480 e. The van der Waals surface area contributed by atoms with Crippen molar-refractivity contribution in [1.82, 2.24) is 4.90 Å². The third kappa shape index (κ3) is 2.15. The van der Waals surface area contributed by atoms with E-state index in [2.05, 4.69) is 0 Å². The Morgan fingerprint density at radius 2 is 1.94 bits per heavy atom. The maximum atomic E-state index is 13.5. The molecule has 0 saturated heterocycles. The van der Waals surface area contributed by atoms with Crippen LogP contribution >= 0.6 is 0 Å². The van der Waals surface area contributed by atoms with Gasteiger partial charge in [0.1, 0.15) is 17.7 Å². The van der Waals surface area contributed by atoms with Gasteiger partial charge in [0.15, 0.2) is 0 Å². The number of hydrogen-bond donors (Lipinski definition) is 1. The number of halogens is 2. The smallest absolute Gasteiger partial charge is 0.320 e. The minimum atomic E-state index is -0.953. The van der Waals surface area contributed by atoms with E-state index in [-0.39, 0.29) is 12.1 Å². The number of carboxylic acid groups (broad SMARTS) is 1. The summed E-state index contributed by atoms with van der Waals surface area (Å²) in [4.78, 5) is 12.5. The molecule has 2 rings (SSSR count). The molecule has 17 heavy (non-hydrogen) atoms.